The molecule has 8 heteroatoms. The monoisotopic (exact) mass is 389 g/mol. The van der Waals surface area contributed by atoms with Crippen molar-refractivity contribution in [2.45, 2.75) is 13.8 Å². The molecule has 1 aromatic heterocycles. The lowest BCUT2D eigenvalue weighted by atomic mass is 10.1. The standard InChI is InChI=1S/C18H17Cl2N5O/c1-10-6-11(2)17(13(20)7-10)23-16-9-21-25-18(24-16)22-14-8-12(19)4-5-15(14)26-3/h4-9H,1-3H3,(H2,22,23,24,25). The topological polar surface area (TPSA) is 72.0 Å². The average molecular weight is 390 g/mol. The van der Waals surface area contributed by atoms with E-state index in [-0.39, 0.29) is 0 Å². The van der Waals surface area contributed by atoms with Gasteiger partial charge in [0.1, 0.15) is 5.75 Å². The van der Waals surface area contributed by atoms with Crippen LogP contribution in [0, 0.1) is 13.8 Å². The Hall–Kier alpha value is -2.57. The molecule has 0 aliphatic carbocycles. The van der Waals surface area contributed by atoms with Gasteiger partial charge in [0.2, 0.25) is 5.95 Å². The fourth-order valence-electron chi connectivity index (χ4n) is 2.52. The van der Waals surface area contributed by atoms with Crippen LogP contribution in [-0.2, 0) is 0 Å². The predicted molar refractivity (Wildman–Crippen MR) is 105 cm³/mol. The number of rotatable bonds is 5. The van der Waals surface area contributed by atoms with Gasteiger partial charge in [-0.25, -0.2) is 0 Å². The molecule has 0 saturated carbocycles. The lowest BCUT2D eigenvalue weighted by Gasteiger charge is -2.13. The van der Waals surface area contributed by atoms with Gasteiger partial charge in [0.15, 0.2) is 5.82 Å². The van der Waals surface area contributed by atoms with Crippen LogP contribution < -0.4 is 15.4 Å². The second-order valence-electron chi connectivity index (χ2n) is 5.70. The summed E-state index contributed by atoms with van der Waals surface area (Å²) >= 11 is 12.4. The fourth-order valence-corrected chi connectivity index (χ4v) is 3.06. The Morgan fingerprint density at radius 1 is 1.04 bits per heavy atom. The maximum Gasteiger partial charge on any atom is 0.249 e. The van der Waals surface area contributed by atoms with Gasteiger partial charge < -0.3 is 15.4 Å². The number of nitrogens with zero attached hydrogens (tertiary/aromatic N) is 3. The third-order valence-electron chi connectivity index (χ3n) is 3.65. The lowest BCUT2D eigenvalue weighted by molar-refractivity contribution is 0.417. The molecule has 3 rings (SSSR count). The summed E-state index contributed by atoms with van der Waals surface area (Å²) in [6.07, 6.45) is 1.52. The van der Waals surface area contributed by atoms with E-state index in [4.69, 9.17) is 27.9 Å². The molecule has 0 bridgehead atoms. The van der Waals surface area contributed by atoms with Crippen LogP contribution in [0.3, 0.4) is 0 Å². The van der Waals surface area contributed by atoms with Gasteiger partial charge in [-0.05, 0) is 49.2 Å². The van der Waals surface area contributed by atoms with E-state index in [1.807, 2.05) is 26.0 Å². The zero-order chi connectivity index (χ0) is 18.7. The van der Waals surface area contributed by atoms with Gasteiger partial charge in [-0.2, -0.15) is 10.1 Å². The van der Waals surface area contributed by atoms with Gasteiger partial charge >= 0.3 is 0 Å². The van der Waals surface area contributed by atoms with Crippen molar-refractivity contribution in [3.8, 4) is 5.75 Å². The Bertz CT molecular complexity index is 926. The number of halogens is 2. The number of aromatic nitrogens is 3. The van der Waals surface area contributed by atoms with Gasteiger partial charge in [0.05, 0.1) is 29.7 Å². The Morgan fingerprint density at radius 3 is 2.58 bits per heavy atom. The first-order valence-corrected chi connectivity index (χ1v) is 8.56. The number of benzene rings is 2. The molecule has 0 spiro atoms. The first-order valence-electron chi connectivity index (χ1n) is 7.80. The summed E-state index contributed by atoms with van der Waals surface area (Å²) in [7, 11) is 1.58. The van der Waals surface area contributed by atoms with Gasteiger partial charge in [-0.3, -0.25) is 0 Å². The van der Waals surface area contributed by atoms with E-state index >= 15 is 0 Å². The summed E-state index contributed by atoms with van der Waals surface area (Å²) in [6.45, 7) is 3.97. The molecular formula is C18H17Cl2N5O. The summed E-state index contributed by atoms with van der Waals surface area (Å²) in [6, 6.07) is 9.16. The number of methoxy groups -OCH3 is 1. The predicted octanol–water partition coefficient (Wildman–Crippen LogP) is 5.29. The van der Waals surface area contributed by atoms with Crippen molar-refractivity contribution in [3.63, 3.8) is 0 Å². The molecule has 0 fully saturated rings. The van der Waals surface area contributed by atoms with Gasteiger partial charge in [0.25, 0.3) is 0 Å². The zero-order valence-corrected chi connectivity index (χ0v) is 16.0. The summed E-state index contributed by atoms with van der Waals surface area (Å²) in [5, 5.41) is 15.4. The molecule has 134 valence electrons. The highest BCUT2D eigenvalue weighted by atomic mass is 35.5. The normalized spacial score (nSPS) is 10.5. The molecule has 0 aliphatic heterocycles. The first kappa shape index (κ1) is 18.2. The minimum absolute atomic E-state index is 0.302. The average Bonchev–Trinajstić information content (AvgIpc) is 2.59. The summed E-state index contributed by atoms with van der Waals surface area (Å²) in [5.41, 5.74) is 3.53. The van der Waals surface area contributed by atoms with Crippen LogP contribution in [0.1, 0.15) is 11.1 Å². The zero-order valence-electron chi connectivity index (χ0n) is 14.5. The summed E-state index contributed by atoms with van der Waals surface area (Å²) in [5.74, 6) is 1.43. The molecule has 6 nitrogen and oxygen atoms in total. The Morgan fingerprint density at radius 2 is 1.85 bits per heavy atom. The number of nitrogens with one attached hydrogen (secondary N) is 2. The van der Waals surface area contributed by atoms with Crippen molar-refractivity contribution in [2.75, 3.05) is 17.7 Å². The van der Waals surface area contributed by atoms with E-state index < -0.39 is 0 Å². The third-order valence-corrected chi connectivity index (χ3v) is 4.18. The highest BCUT2D eigenvalue weighted by Crippen LogP contribution is 2.31. The van der Waals surface area contributed by atoms with Crippen LogP contribution in [0.2, 0.25) is 10.0 Å². The van der Waals surface area contributed by atoms with E-state index in [9.17, 15) is 0 Å². The van der Waals surface area contributed by atoms with Crippen molar-refractivity contribution in [1.82, 2.24) is 15.2 Å². The third kappa shape index (κ3) is 4.15. The number of hydrogen-bond acceptors (Lipinski definition) is 6. The number of aryl methyl sites for hydroxylation is 2. The van der Waals surface area contributed by atoms with Crippen LogP contribution in [0.25, 0.3) is 0 Å². The SMILES string of the molecule is COc1ccc(Cl)cc1Nc1nncc(Nc2c(C)cc(C)cc2Cl)n1. The van der Waals surface area contributed by atoms with Crippen molar-refractivity contribution < 1.29 is 4.74 Å². The highest BCUT2D eigenvalue weighted by Gasteiger charge is 2.10. The Kier molecular flexibility index (Phi) is 5.44. The molecule has 1 heterocycles. The van der Waals surface area contributed by atoms with Gasteiger partial charge in [-0.15, -0.1) is 5.10 Å². The van der Waals surface area contributed by atoms with E-state index in [1.54, 1.807) is 25.3 Å². The second-order valence-corrected chi connectivity index (χ2v) is 6.54. The fraction of sp³-hybridized carbons (Fsp3) is 0.167. The minimum atomic E-state index is 0.302. The van der Waals surface area contributed by atoms with Crippen LogP contribution in [-0.4, -0.2) is 22.3 Å². The number of ether oxygens (including phenoxy) is 1. The second kappa shape index (κ2) is 7.76. The molecule has 26 heavy (non-hydrogen) atoms. The first-order chi connectivity index (χ1) is 12.5. The largest absolute Gasteiger partial charge is 0.495 e. The molecular weight excluding hydrogens is 373 g/mol. The quantitative estimate of drug-likeness (QED) is 0.617. The van der Waals surface area contributed by atoms with Crippen LogP contribution in [0.4, 0.5) is 23.1 Å². The molecule has 0 atom stereocenters. The molecule has 0 saturated heterocycles. The molecule has 0 amide bonds. The molecule has 0 radical (unpaired) electrons. The van der Waals surface area contributed by atoms with E-state index in [2.05, 4.69) is 25.8 Å². The summed E-state index contributed by atoms with van der Waals surface area (Å²) < 4.78 is 5.31. The van der Waals surface area contributed by atoms with E-state index in [0.29, 0.717) is 33.2 Å². The number of anilines is 4. The molecule has 2 N–H and O–H groups in total. The van der Waals surface area contributed by atoms with Crippen molar-refractivity contribution in [2.24, 2.45) is 0 Å². The molecule has 0 aliphatic rings. The van der Waals surface area contributed by atoms with Crippen LogP contribution in [0.5, 0.6) is 5.75 Å². The van der Waals surface area contributed by atoms with E-state index in [1.165, 1.54) is 6.20 Å². The van der Waals surface area contributed by atoms with Crippen LogP contribution >= 0.6 is 23.2 Å². The van der Waals surface area contributed by atoms with Gasteiger partial charge in [-0.1, -0.05) is 29.3 Å². The summed E-state index contributed by atoms with van der Waals surface area (Å²) in [4.78, 5) is 4.42. The van der Waals surface area contributed by atoms with Crippen molar-refractivity contribution in [3.05, 3.63) is 57.7 Å². The number of hydrogen-bond donors (Lipinski definition) is 2. The Labute approximate surface area is 161 Å². The lowest BCUT2D eigenvalue weighted by Crippen LogP contribution is -2.04. The van der Waals surface area contributed by atoms with Crippen molar-refractivity contribution in [1.29, 1.82) is 0 Å². The molecule has 0 unspecified atom stereocenters. The van der Waals surface area contributed by atoms with Crippen molar-refractivity contribution >= 4 is 46.3 Å². The maximum absolute atomic E-state index is 6.34. The van der Waals surface area contributed by atoms with E-state index in [0.717, 1.165) is 16.8 Å². The Balaban J connectivity index is 1.87. The smallest absolute Gasteiger partial charge is 0.249 e. The maximum atomic E-state index is 6.34. The molecule has 3 aromatic rings. The van der Waals surface area contributed by atoms with Gasteiger partial charge in [0, 0.05) is 5.02 Å². The van der Waals surface area contributed by atoms with Crippen LogP contribution in [0.15, 0.2) is 36.5 Å². The highest BCUT2D eigenvalue weighted by molar-refractivity contribution is 6.33. The molecule has 2 aromatic carbocycles. The minimum Gasteiger partial charge on any atom is -0.495 e.